The maximum atomic E-state index is 13.0. The van der Waals surface area contributed by atoms with Gasteiger partial charge in [0.2, 0.25) is 0 Å². The van der Waals surface area contributed by atoms with E-state index in [4.69, 9.17) is 27.9 Å². The molecule has 1 amide bonds. The van der Waals surface area contributed by atoms with Gasteiger partial charge in [0.25, 0.3) is 5.91 Å². The van der Waals surface area contributed by atoms with Crippen LogP contribution >= 0.6 is 23.2 Å². The number of rotatable bonds is 4. The van der Waals surface area contributed by atoms with Crippen molar-refractivity contribution in [3.63, 3.8) is 0 Å². The fraction of sp³-hybridized carbons (Fsp3) is 0.611. The number of ether oxygens (including phenoxy) is 1. The van der Waals surface area contributed by atoms with E-state index < -0.39 is 0 Å². The molecule has 1 aromatic rings. The monoisotopic (exact) mass is 370 g/mol. The van der Waals surface area contributed by atoms with Crippen molar-refractivity contribution >= 4 is 29.1 Å². The van der Waals surface area contributed by atoms with Gasteiger partial charge in [-0.25, -0.2) is 0 Å². The van der Waals surface area contributed by atoms with Gasteiger partial charge in [-0.2, -0.15) is 0 Å². The third-order valence-corrected chi connectivity index (χ3v) is 5.77. The lowest BCUT2D eigenvalue weighted by molar-refractivity contribution is 0.0296. The Morgan fingerprint density at radius 3 is 2.75 bits per heavy atom. The largest absolute Gasteiger partial charge is 0.379 e. The third kappa shape index (κ3) is 4.23. The molecule has 2 aliphatic rings. The van der Waals surface area contributed by atoms with Crippen molar-refractivity contribution in [2.45, 2.75) is 31.7 Å². The highest BCUT2D eigenvalue weighted by molar-refractivity contribution is 6.43. The van der Waals surface area contributed by atoms with Crippen LogP contribution in [0.5, 0.6) is 0 Å². The summed E-state index contributed by atoms with van der Waals surface area (Å²) in [5.41, 5.74) is 0.516. The van der Waals surface area contributed by atoms with Gasteiger partial charge in [-0.1, -0.05) is 29.3 Å². The Labute approximate surface area is 153 Å². The van der Waals surface area contributed by atoms with Crippen molar-refractivity contribution in [3.8, 4) is 0 Å². The number of carbonyl (C=O) groups is 1. The van der Waals surface area contributed by atoms with E-state index in [1.54, 1.807) is 18.2 Å². The number of morpholine rings is 1. The average molecular weight is 371 g/mol. The first-order valence-corrected chi connectivity index (χ1v) is 9.47. The van der Waals surface area contributed by atoms with Crippen LogP contribution in [0.15, 0.2) is 18.2 Å². The van der Waals surface area contributed by atoms with Gasteiger partial charge in [0.1, 0.15) is 0 Å². The highest BCUT2D eigenvalue weighted by atomic mass is 35.5. The Morgan fingerprint density at radius 1 is 1.17 bits per heavy atom. The maximum absolute atomic E-state index is 13.0. The first-order valence-electron chi connectivity index (χ1n) is 8.72. The van der Waals surface area contributed by atoms with Crippen molar-refractivity contribution in [2.75, 3.05) is 39.4 Å². The lowest BCUT2D eigenvalue weighted by Crippen LogP contribution is -2.46. The van der Waals surface area contributed by atoms with Gasteiger partial charge < -0.3 is 9.64 Å². The van der Waals surface area contributed by atoms with E-state index in [1.165, 1.54) is 6.42 Å². The predicted molar refractivity (Wildman–Crippen MR) is 97.0 cm³/mol. The summed E-state index contributed by atoms with van der Waals surface area (Å²) in [6.45, 7) is 5.41. The smallest absolute Gasteiger partial charge is 0.255 e. The molecule has 6 heteroatoms. The molecular formula is C18H24Cl2N2O2. The number of benzene rings is 1. The van der Waals surface area contributed by atoms with Crippen LogP contribution < -0.4 is 0 Å². The SMILES string of the molecule is O=C(c1cccc(Cl)c1Cl)N1CCCC[C@H]1CCN1CCOCC1. The summed E-state index contributed by atoms with van der Waals surface area (Å²) >= 11 is 12.3. The highest BCUT2D eigenvalue weighted by Crippen LogP contribution is 2.29. The van der Waals surface area contributed by atoms with E-state index in [1.807, 2.05) is 4.90 Å². The summed E-state index contributed by atoms with van der Waals surface area (Å²) in [6.07, 6.45) is 4.30. The Hall–Kier alpha value is -0.810. The number of piperidine rings is 1. The Balaban J connectivity index is 1.67. The topological polar surface area (TPSA) is 32.8 Å². The number of carbonyl (C=O) groups excluding carboxylic acids is 1. The highest BCUT2D eigenvalue weighted by Gasteiger charge is 2.29. The fourth-order valence-corrected chi connectivity index (χ4v) is 3.93. The van der Waals surface area contributed by atoms with Gasteiger partial charge >= 0.3 is 0 Å². The van der Waals surface area contributed by atoms with Crippen LogP contribution in [-0.4, -0.2) is 61.1 Å². The summed E-state index contributed by atoms with van der Waals surface area (Å²) in [5.74, 6) is 0.00850. The molecule has 0 saturated carbocycles. The first kappa shape index (κ1) is 18.0. The van der Waals surface area contributed by atoms with E-state index in [2.05, 4.69) is 4.90 Å². The third-order valence-electron chi connectivity index (χ3n) is 4.95. The number of hydrogen-bond acceptors (Lipinski definition) is 3. The van der Waals surface area contributed by atoms with Crippen LogP contribution in [0, 0.1) is 0 Å². The number of amides is 1. The second kappa shape index (κ2) is 8.52. The molecule has 2 saturated heterocycles. The Bertz CT molecular complexity index is 576. The second-order valence-electron chi connectivity index (χ2n) is 6.49. The van der Waals surface area contributed by atoms with Gasteiger partial charge in [0, 0.05) is 32.2 Å². The molecule has 0 spiro atoms. The average Bonchev–Trinajstić information content (AvgIpc) is 2.63. The van der Waals surface area contributed by atoms with Crippen LogP contribution in [-0.2, 0) is 4.74 Å². The molecule has 1 atom stereocenters. The number of nitrogens with zero attached hydrogens (tertiary/aromatic N) is 2. The van der Waals surface area contributed by atoms with E-state index in [9.17, 15) is 4.79 Å². The second-order valence-corrected chi connectivity index (χ2v) is 7.28. The minimum absolute atomic E-state index is 0.00850. The standard InChI is InChI=1S/C18H24Cl2N2O2/c19-16-6-3-5-15(17(16)20)18(23)22-8-2-1-4-14(22)7-9-21-10-12-24-13-11-21/h3,5-6,14H,1-2,4,7-13H2/t14-/m0/s1. The van der Waals surface area contributed by atoms with Gasteiger partial charge in [0.05, 0.1) is 28.8 Å². The fourth-order valence-electron chi connectivity index (χ4n) is 3.55. The van der Waals surface area contributed by atoms with Crippen LogP contribution in [0.4, 0.5) is 0 Å². The molecule has 0 N–H and O–H groups in total. The zero-order valence-electron chi connectivity index (χ0n) is 13.8. The molecule has 0 aromatic heterocycles. The van der Waals surface area contributed by atoms with E-state index in [-0.39, 0.29) is 11.9 Å². The van der Waals surface area contributed by atoms with Crippen molar-refractivity contribution in [1.29, 1.82) is 0 Å². The Kier molecular flexibility index (Phi) is 6.39. The number of hydrogen-bond donors (Lipinski definition) is 0. The summed E-state index contributed by atoms with van der Waals surface area (Å²) in [5, 5.41) is 0.797. The number of halogens is 2. The summed E-state index contributed by atoms with van der Waals surface area (Å²) in [6, 6.07) is 5.55. The van der Waals surface area contributed by atoms with Gasteiger partial charge in [-0.3, -0.25) is 9.69 Å². The minimum atomic E-state index is 0.00850. The lowest BCUT2D eigenvalue weighted by atomic mass is 9.97. The molecule has 2 fully saturated rings. The van der Waals surface area contributed by atoms with Gasteiger partial charge in [-0.15, -0.1) is 0 Å². The molecule has 0 aliphatic carbocycles. The van der Waals surface area contributed by atoms with Crippen LogP contribution in [0.3, 0.4) is 0 Å². The zero-order valence-corrected chi connectivity index (χ0v) is 15.4. The predicted octanol–water partition coefficient (Wildman–Crippen LogP) is 3.71. The molecule has 0 radical (unpaired) electrons. The molecule has 1 aromatic carbocycles. The molecule has 24 heavy (non-hydrogen) atoms. The van der Waals surface area contributed by atoms with E-state index in [0.717, 1.165) is 58.7 Å². The van der Waals surface area contributed by atoms with Gasteiger partial charge in [0.15, 0.2) is 0 Å². The van der Waals surface area contributed by atoms with E-state index >= 15 is 0 Å². The van der Waals surface area contributed by atoms with Crippen molar-refractivity contribution < 1.29 is 9.53 Å². The van der Waals surface area contributed by atoms with Crippen LogP contribution in [0.25, 0.3) is 0 Å². The molecule has 2 heterocycles. The molecule has 2 aliphatic heterocycles. The first-order chi connectivity index (χ1) is 11.7. The molecular weight excluding hydrogens is 347 g/mol. The quantitative estimate of drug-likeness (QED) is 0.809. The van der Waals surface area contributed by atoms with Crippen molar-refractivity contribution in [1.82, 2.24) is 9.80 Å². The van der Waals surface area contributed by atoms with Crippen LogP contribution in [0.2, 0.25) is 10.0 Å². The molecule has 4 nitrogen and oxygen atoms in total. The van der Waals surface area contributed by atoms with Crippen LogP contribution in [0.1, 0.15) is 36.0 Å². The molecule has 0 bridgehead atoms. The summed E-state index contributed by atoms with van der Waals surface area (Å²) in [4.78, 5) is 17.4. The zero-order chi connectivity index (χ0) is 16.9. The maximum Gasteiger partial charge on any atom is 0.255 e. The minimum Gasteiger partial charge on any atom is -0.379 e. The summed E-state index contributed by atoms with van der Waals surface area (Å²) in [7, 11) is 0. The van der Waals surface area contributed by atoms with E-state index in [0.29, 0.717) is 15.6 Å². The normalized spacial score (nSPS) is 22.6. The van der Waals surface area contributed by atoms with Gasteiger partial charge in [-0.05, 0) is 37.8 Å². The molecule has 0 unspecified atom stereocenters. The summed E-state index contributed by atoms with van der Waals surface area (Å²) < 4.78 is 5.40. The molecule has 132 valence electrons. The van der Waals surface area contributed by atoms with Crippen molar-refractivity contribution in [3.05, 3.63) is 33.8 Å². The molecule has 3 rings (SSSR count). The Morgan fingerprint density at radius 2 is 1.96 bits per heavy atom. The van der Waals surface area contributed by atoms with Crippen molar-refractivity contribution in [2.24, 2.45) is 0 Å². The number of likely N-dealkylation sites (tertiary alicyclic amines) is 1. The lowest BCUT2D eigenvalue weighted by Gasteiger charge is -2.37.